The van der Waals surface area contributed by atoms with Crippen molar-refractivity contribution in [2.75, 3.05) is 7.05 Å². The lowest BCUT2D eigenvalue weighted by Gasteiger charge is -2.25. The molecule has 1 aliphatic heterocycles. The van der Waals surface area contributed by atoms with E-state index in [0.717, 1.165) is 30.3 Å². The smallest absolute Gasteiger partial charge is 0.348 e. The molecule has 1 heterocycles. The van der Waals surface area contributed by atoms with E-state index in [2.05, 4.69) is 22.1 Å². The van der Waals surface area contributed by atoms with Crippen LogP contribution in [0, 0.1) is 11.8 Å². The predicted molar refractivity (Wildman–Crippen MR) is 107 cm³/mol. The molecule has 1 aromatic carbocycles. The average Bonchev–Trinajstić information content (AvgIpc) is 3.10. The van der Waals surface area contributed by atoms with Gasteiger partial charge in [-0.05, 0) is 37.0 Å². The first kappa shape index (κ1) is 23.1. The van der Waals surface area contributed by atoms with Crippen LogP contribution in [-0.4, -0.2) is 42.1 Å². The number of fused-ring (bicyclic) bond motifs is 1. The van der Waals surface area contributed by atoms with Gasteiger partial charge >= 0.3 is 5.97 Å². The Labute approximate surface area is 174 Å². The fourth-order valence-electron chi connectivity index (χ4n) is 3.40. The molecule has 1 N–H and O–H groups in total. The van der Waals surface area contributed by atoms with Crippen LogP contribution in [0.4, 0.5) is 4.53 Å². The highest BCUT2D eigenvalue weighted by Gasteiger charge is 2.36. The molecule has 0 radical (unpaired) electrons. The Morgan fingerprint density at radius 1 is 1.33 bits per heavy atom. The fourth-order valence-corrected chi connectivity index (χ4v) is 3.40. The molecule has 0 spiro atoms. The van der Waals surface area contributed by atoms with E-state index in [0.29, 0.717) is 18.4 Å². The summed E-state index contributed by atoms with van der Waals surface area (Å²) in [4.78, 5) is 51.2. The SMILES string of the molecule is CNC(=O)C(CCC=O)N1Cc2c(C#CCCCCCC(=O)OF)cccc2C1=O. The summed E-state index contributed by atoms with van der Waals surface area (Å²) in [5.74, 6) is 4.74. The number of rotatable bonds is 10. The topological polar surface area (TPSA) is 92.8 Å². The van der Waals surface area contributed by atoms with Gasteiger partial charge in [0.05, 0.1) is 0 Å². The second-order valence-electron chi connectivity index (χ2n) is 6.95. The number of carbonyl (C=O) groups is 4. The number of benzene rings is 1. The van der Waals surface area contributed by atoms with Crippen LogP contribution in [0.25, 0.3) is 0 Å². The number of amides is 2. The molecule has 1 aliphatic rings. The third-order valence-electron chi connectivity index (χ3n) is 4.97. The zero-order chi connectivity index (χ0) is 21.9. The molecule has 0 bridgehead atoms. The molecule has 0 fully saturated rings. The lowest BCUT2D eigenvalue weighted by atomic mass is 10.0. The molecule has 2 rings (SSSR count). The van der Waals surface area contributed by atoms with Gasteiger partial charge in [-0.15, -0.1) is 0 Å². The van der Waals surface area contributed by atoms with Crippen molar-refractivity contribution < 1.29 is 28.6 Å². The summed E-state index contributed by atoms with van der Waals surface area (Å²) in [5, 5.41) is 2.56. The highest BCUT2D eigenvalue weighted by Crippen LogP contribution is 2.28. The maximum absolute atomic E-state index is 12.8. The van der Waals surface area contributed by atoms with Gasteiger partial charge in [-0.2, -0.15) is 0 Å². The molecule has 7 nitrogen and oxygen atoms in total. The normalized spacial score (nSPS) is 13.1. The van der Waals surface area contributed by atoms with Crippen LogP contribution in [0.5, 0.6) is 0 Å². The van der Waals surface area contributed by atoms with Crippen molar-refractivity contribution in [3.8, 4) is 11.8 Å². The first-order chi connectivity index (χ1) is 14.5. The second-order valence-corrected chi connectivity index (χ2v) is 6.95. The van der Waals surface area contributed by atoms with Crippen LogP contribution in [-0.2, 0) is 25.9 Å². The minimum Gasteiger partial charge on any atom is -0.357 e. The van der Waals surface area contributed by atoms with E-state index in [-0.39, 0.29) is 37.6 Å². The molecule has 0 saturated carbocycles. The van der Waals surface area contributed by atoms with Gasteiger partial charge in [-0.1, -0.05) is 24.3 Å². The Morgan fingerprint density at radius 2 is 2.13 bits per heavy atom. The Morgan fingerprint density at radius 3 is 2.83 bits per heavy atom. The lowest BCUT2D eigenvalue weighted by Crippen LogP contribution is -2.46. The molecule has 0 aliphatic carbocycles. The van der Waals surface area contributed by atoms with Crippen molar-refractivity contribution in [3.63, 3.8) is 0 Å². The van der Waals surface area contributed by atoms with Crippen molar-refractivity contribution in [2.45, 2.75) is 57.5 Å². The monoisotopic (exact) mass is 416 g/mol. The van der Waals surface area contributed by atoms with E-state index < -0.39 is 12.0 Å². The number of hydrogen-bond donors (Lipinski definition) is 1. The summed E-state index contributed by atoms with van der Waals surface area (Å²) in [6.45, 7) is 0.265. The van der Waals surface area contributed by atoms with Crippen molar-refractivity contribution in [1.82, 2.24) is 10.2 Å². The predicted octanol–water partition coefficient (Wildman–Crippen LogP) is 2.47. The van der Waals surface area contributed by atoms with Crippen LogP contribution < -0.4 is 5.32 Å². The Balaban J connectivity index is 2.03. The van der Waals surface area contributed by atoms with Crippen molar-refractivity contribution in [2.24, 2.45) is 0 Å². The largest absolute Gasteiger partial charge is 0.357 e. The number of aldehydes is 1. The van der Waals surface area contributed by atoms with E-state index in [1.165, 1.54) is 11.9 Å². The molecule has 30 heavy (non-hydrogen) atoms. The van der Waals surface area contributed by atoms with Crippen LogP contribution in [0.1, 0.15) is 66.4 Å². The molecular weight excluding hydrogens is 391 g/mol. The summed E-state index contributed by atoms with van der Waals surface area (Å²) in [6.07, 6.45) is 3.87. The van der Waals surface area contributed by atoms with E-state index >= 15 is 0 Å². The zero-order valence-electron chi connectivity index (χ0n) is 16.9. The van der Waals surface area contributed by atoms with Gasteiger partial charge in [-0.25, -0.2) is 4.79 Å². The summed E-state index contributed by atoms with van der Waals surface area (Å²) >= 11 is 0. The van der Waals surface area contributed by atoms with Crippen LogP contribution >= 0.6 is 0 Å². The maximum atomic E-state index is 12.8. The summed E-state index contributed by atoms with van der Waals surface area (Å²) in [6, 6.07) is 4.60. The third kappa shape index (κ3) is 5.89. The van der Waals surface area contributed by atoms with Gasteiger partial charge < -0.3 is 15.0 Å². The number of carbonyl (C=O) groups excluding carboxylic acids is 4. The number of hydrogen-bond acceptors (Lipinski definition) is 5. The molecule has 160 valence electrons. The molecule has 1 aromatic rings. The number of nitrogens with one attached hydrogen (secondary N) is 1. The van der Waals surface area contributed by atoms with Crippen LogP contribution in [0.3, 0.4) is 0 Å². The van der Waals surface area contributed by atoms with E-state index in [1.807, 2.05) is 6.07 Å². The van der Waals surface area contributed by atoms with Gasteiger partial charge in [0, 0.05) is 48.5 Å². The molecule has 1 atom stereocenters. The summed E-state index contributed by atoms with van der Waals surface area (Å²) in [5.41, 5.74) is 2.03. The van der Waals surface area contributed by atoms with E-state index in [9.17, 15) is 23.7 Å². The lowest BCUT2D eigenvalue weighted by molar-refractivity contribution is -0.183. The molecule has 2 amide bonds. The van der Waals surface area contributed by atoms with Gasteiger partial charge in [0.1, 0.15) is 12.3 Å². The first-order valence-corrected chi connectivity index (χ1v) is 9.91. The highest BCUT2D eigenvalue weighted by atomic mass is 19.3. The first-order valence-electron chi connectivity index (χ1n) is 9.91. The highest BCUT2D eigenvalue weighted by molar-refractivity contribution is 6.01. The minimum absolute atomic E-state index is 0.0463. The molecule has 0 aromatic heterocycles. The number of nitrogens with zero attached hydrogens (tertiary/aromatic N) is 1. The average molecular weight is 416 g/mol. The number of unbranched alkanes of at least 4 members (excludes halogenated alkanes) is 3. The minimum atomic E-state index is -0.863. The fraction of sp³-hybridized carbons (Fsp3) is 0.455. The second kappa shape index (κ2) is 11.7. The molecular formula is C22H25FN2O5. The Bertz CT molecular complexity index is 859. The summed E-state index contributed by atoms with van der Waals surface area (Å²) in [7, 11) is 1.50. The Hall–Kier alpha value is -3.21. The van der Waals surface area contributed by atoms with Crippen molar-refractivity contribution in [3.05, 3.63) is 34.9 Å². The molecule has 1 unspecified atom stereocenters. The van der Waals surface area contributed by atoms with Crippen LogP contribution in [0.2, 0.25) is 0 Å². The van der Waals surface area contributed by atoms with Gasteiger partial charge in [0.2, 0.25) is 5.91 Å². The Kier molecular flexibility index (Phi) is 9.01. The quantitative estimate of drug-likeness (QED) is 0.359. The van der Waals surface area contributed by atoms with Gasteiger partial charge in [0.25, 0.3) is 5.91 Å². The summed E-state index contributed by atoms with van der Waals surface area (Å²) < 4.78 is 11.6. The van der Waals surface area contributed by atoms with Crippen LogP contribution in [0.15, 0.2) is 18.2 Å². The zero-order valence-corrected chi connectivity index (χ0v) is 16.9. The van der Waals surface area contributed by atoms with E-state index in [4.69, 9.17) is 0 Å². The van der Waals surface area contributed by atoms with Gasteiger partial charge in [0.15, 0.2) is 0 Å². The van der Waals surface area contributed by atoms with E-state index in [1.54, 1.807) is 12.1 Å². The number of halogens is 1. The number of likely N-dealkylation sites (N-methyl/N-ethyl adjacent to an activating group) is 1. The van der Waals surface area contributed by atoms with Crippen molar-refractivity contribution >= 4 is 24.1 Å². The maximum Gasteiger partial charge on any atom is 0.348 e. The molecule has 8 heteroatoms. The standard InChI is InChI=1S/C22H25FN2O5/c1-24-21(28)19(12-8-14-26)25-15-18-16(10-7-11-17(18)22(25)29)9-5-3-2-4-6-13-20(27)30-23/h7,10-11,14,19H,2-4,6,8,12-13,15H2,1H3,(H,24,28). The molecule has 0 saturated heterocycles. The third-order valence-corrected chi connectivity index (χ3v) is 4.97. The van der Waals surface area contributed by atoms with Gasteiger partial charge in [-0.3, -0.25) is 14.5 Å². The van der Waals surface area contributed by atoms with Crippen molar-refractivity contribution in [1.29, 1.82) is 0 Å².